The van der Waals surface area contributed by atoms with E-state index in [1.807, 2.05) is 40.2 Å². The standard InChI is InChI=1S/C20H26N10/c1-13-6-7-15-21-23-18(29(15)25-13)12-27(5)14-10-28(11-14)17-9-8-16-22-24-19(20(2,3)4)30(16)26-17/h6-9,14H,10-12H2,1-5H3. The van der Waals surface area contributed by atoms with Gasteiger partial charge in [0, 0.05) is 24.5 Å². The first-order valence-electron chi connectivity index (χ1n) is 10.2. The highest BCUT2D eigenvalue weighted by Gasteiger charge is 2.32. The monoisotopic (exact) mass is 406 g/mol. The first-order valence-corrected chi connectivity index (χ1v) is 10.2. The van der Waals surface area contributed by atoms with Crippen molar-refractivity contribution < 1.29 is 0 Å². The third kappa shape index (κ3) is 3.17. The van der Waals surface area contributed by atoms with Crippen molar-refractivity contribution in [2.24, 2.45) is 0 Å². The molecule has 1 saturated heterocycles. The summed E-state index contributed by atoms with van der Waals surface area (Å²) in [5, 5.41) is 26.5. The maximum atomic E-state index is 4.81. The van der Waals surface area contributed by atoms with Gasteiger partial charge in [0.05, 0.1) is 12.2 Å². The van der Waals surface area contributed by atoms with Crippen LogP contribution in [0.2, 0.25) is 0 Å². The summed E-state index contributed by atoms with van der Waals surface area (Å²) < 4.78 is 3.69. The van der Waals surface area contributed by atoms with E-state index in [4.69, 9.17) is 5.10 Å². The normalized spacial score (nSPS) is 15.5. The topological polar surface area (TPSA) is 92.6 Å². The van der Waals surface area contributed by atoms with E-state index in [2.05, 4.69) is 63.1 Å². The molecule has 4 aromatic rings. The summed E-state index contributed by atoms with van der Waals surface area (Å²) in [6, 6.07) is 8.32. The van der Waals surface area contributed by atoms with Crippen LogP contribution >= 0.6 is 0 Å². The van der Waals surface area contributed by atoms with Crippen LogP contribution in [0.1, 0.15) is 38.1 Å². The Bertz CT molecular complexity index is 1210. The molecule has 10 nitrogen and oxygen atoms in total. The summed E-state index contributed by atoms with van der Waals surface area (Å²) >= 11 is 0. The Labute approximate surface area is 174 Å². The highest BCUT2D eigenvalue weighted by molar-refractivity contribution is 5.48. The van der Waals surface area contributed by atoms with Crippen molar-refractivity contribution >= 4 is 17.1 Å². The van der Waals surface area contributed by atoms with Crippen molar-refractivity contribution in [3.05, 3.63) is 41.6 Å². The minimum absolute atomic E-state index is 0.115. The zero-order valence-corrected chi connectivity index (χ0v) is 18.0. The molecule has 156 valence electrons. The van der Waals surface area contributed by atoms with E-state index in [1.54, 1.807) is 0 Å². The van der Waals surface area contributed by atoms with Gasteiger partial charge in [0.25, 0.3) is 0 Å². The average Bonchev–Trinajstić information content (AvgIpc) is 3.24. The van der Waals surface area contributed by atoms with Gasteiger partial charge in [0.2, 0.25) is 0 Å². The molecule has 1 fully saturated rings. The molecule has 0 N–H and O–H groups in total. The van der Waals surface area contributed by atoms with Crippen LogP contribution in [-0.2, 0) is 12.0 Å². The van der Waals surface area contributed by atoms with E-state index in [0.717, 1.165) is 47.5 Å². The van der Waals surface area contributed by atoms with Gasteiger partial charge in [-0.3, -0.25) is 4.90 Å². The zero-order chi connectivity index (χ0) is 21.0. The Morgan fingerprint density at radius 2 is 1.63 bits per heavy atom. The molecule has 0 unspecified atom stereocenters. The molecule has 0 amide bonds. The van der Waals surface area contributed by atoms with E-state index >= 15 is 0 Å². The van der Waals surface area contributed by atoms with Gasteiger partial charge < -0.3 is 4.90 Å². The number of hydrogen-bond donors (Lipinski definition) is 0. The minimum Gasteiger partial charge on any atom is -0.352 e. The Morgan fingerprint density at radius 3 is 2.40 bits per heavy atom. The highest BCUT2D eigenvalue weighted by Crippen LogP contribution is 2.25. The third-order valence-electron chi connectivity index (χ3n) is 5.58. The second kappa shape index (κ2) is 6.69. The largest absolute Gasteiger partial charge is 0.352 e. The van der Waals surface area contributed by atoms with Gasteiger partial charge in [-0.25, -0.2) is 0 Å². The molecule has 0 saturated carbocycles. The smallest absolute Gasteiger partial charge is 0.178 e. The van der Waals surface area contributed by atoms with Gasteiger partial charge in [-0.1, -0.05) is 20.8 Å². The molecule has 0 bridgehead atoms. The predicted molar refractivity (Wildman–Crippen MR) is 112 cm³/mol. The van der Waals surface area contributed by atoms with Crippen LogP contribution < -0.4 is 4.90 Å². The van der Waals surface area contributed by atoms with Crippen LogP contribution in [0.15, 0.2) is 24.3 Å². The van der Waals surface area contributed by atoms with Crippen LogP contribution in [0.4, 0.5) is 5.82 Å². The van der Waals surface area contributed by atoms with Gasteiger partial charge in [0.15, 0.2) is 22.9 Å². The number of anilines is 1. The molecular formula is C20H26N10. The zero-order valence-electron chi connectivity index (χ0n) is 18.0. The van der Waals surface area contributed by atoms with Crippen LogP contribution in [0, 0.1) is 6.92 Å². The van der Waals surface area contributed by atoms with Crippen molar-refractivity contribution in [1.82, 2.24) is 44.5 Å². The molecule has 1 aliphatic heterocycles. The number of hydrogen-bond acceptors (Lipinski definition) is 8. The van der Waals surface area contributed by atoms with Gasteiger partial charge in [-0.2, -0.15) is 14.1 Å². The molecule has 5 heterocycles. The van der Waals surface area contributed by atoms with Gasteiger partial charge in [-0.05, 0) is 38.2 Å². The number of rotatable bonds is 4. The summed E-state index contributed by atoms with van der Waals surface area (Å²) in [6.45, 7) is 10.9. The molecule has 30 heavy (non-hydrogen) atoms. The van der Waals surface area contributed by atoms with Gasteiger partial charge in [-0.15, -0.1) is 25.5 Å². The maximum absolute atomic E-state index is 4.81. The lowest BCUT2D eigenvalue weighted by Crippen LogP contribution is -2.58. The van der Waals surface area contributed by atoms with E-state index < -0.39 is 0 Å². The quantitative estimate of drug-likeness (QED) is 0.503. The van der Waals surface area contributed by atoms with Gasteiger partial charge in [0.1, 0.15) is 5.82 Å². The van der Waals surface area contributed by atoms with Crippen LogP contribution in [0.25, 0.3) is 11.3 Å². The number of nitrogens with zero attached hydrogens (tertiary/aromatic N) is 10. The first-order chi connectivity index (χ1) is 14.3. The van der Waals surface area contributed by atoms with E-state index in [-0.39, 0.29) is 5.41 Å². The lowest BCUT2D eigenvalue weighted by Gasteiger charge is -2.44. The van der Waals surface area contributed by atoms with Crippen molar-refractivity contribution in [3.8, 4) is 0 Å². The molecular weight excluding hydrogens is 380 g/mol. The Balaban J connectivity index is 1.29. The molecule has 0 aliphatic carbocycles. The Kier molecular flexibility index (Phi) is 4.21. The fourth-order valence-electron chi connectivity index (χ4n) is 3.71. The van der Waals surface area contributed by atoms with Crippen LogP contribution in [-0.4, -0.2) is 70.7 Å². The molecule has 10 heteroatoms. The summed E-state index contributed by atoms with van der Waals surface area (Å²) in [4.78, 5) is 4.58. The Morgan fingerprint density at radius 1 is 0.933 bits per heavy atom. The summed E-state index contributed by atoms with van der Waals surface area (Å²) in [5.41, 5.74) is 2.39. The maximum Gasteiger partial charge on any atom is 0.178 e. The average molecular weight is 406 g/mol. The summed E-state index contributed by atoms with van der Waals surface area (Å²) in [5.74, 6) is 2.67. The minimum atomic E-state index is -0.115. The van der Waals surface area contributed by atoms with Crippen LogP contribution in [0.3, 0.4) is 0 Å². The Hall–Kier alpha value is -3.14. The van der Waals surface area contributed by atoms with Gasteiger partial charge >= 0.3 is 0 Å². The van der Waals surface area contributed by atoms with Crippen molar-refractivity contribution in [2.45, 2.75) is 45.7 Å². The molecule has 4 aromatic heterocycles. The molecule has 1 aliphatic rings. The summed E-state index contributed by atoms with van der Waals surface area (Å²) in [6.07, 6.45) is 0. The number of fused-ring (bicyclic) bond motifs is 2. The second-order valence-electron chi connectivity index (χ2n) is 9.07. The lowest BCUT2D eigenvalue weighted by molar-refractivity contribution is 0.191. The number of aromatic nitrogens is 8. The first kappa shape index (κ1) is 18.9. The fourth-order valence-corrected chi connectivity index (χ4v) is 3.71. The van der Waals surface area contributed by atoms with Crippen molar-refractivity contribution in [2.75, 3.05) is 25.0 Å². The predicted octanol–water partition coefficient (Wildman–Crippen LogP) is 1.49. The van der Waals surface area contributed by atoms with Crippen LogP contribution in [0.5, 0.6) is 0 Å². The van der Waals surface area contributed by atoms with Crippen molar-refractivity contribution in [1.29, 1.82) is 0 Å². The molecule has 5 rings (SSSR count). The second-order valence-corrected chi connectivity index (χ2v) is 9.07. The molecule has 0 radical (unpaired) electrons. The molecule has 0 atom stereocenters. The number of aryl methyl sites for hydroxylation is 1. The summed E-state index contributed by atoms with van der Waals surface area (Å²) in [7, 11) is 2.12. The lowest BCUT2D eigenvalue weighted by atomic mass is 9.96. The number of likely N-dealkylation sites (N-methyl/N-ethyl adjacent to an activating group) is 1. The van der Waals surface area contributed by atoms with Crippen molar-refractivity contribution in [3.63, 3.8) is 0 Å². The molecule has 0 aromatic carbocycles. The van der Waals surface area contributed by atoms with E-state index in [9.17, 15) is 0 Å². The van der Waals surface area contributed by atoms with E-state index in [0.29, 0.717) is 12.6 Å². The SMILES string of the molecule is Cc1ccc2nnc(CN(C)C3CN(c4ccc5nnc(C(C)(C)C)n5n4)C3)n2n1. The molecule has 0 spiro atoms. The highest BCUT2D eigenvalue weighted by atomic mass is 15.4. The third-order valence-corrected chi connectivity index (χ3v) is 5.58. The van der Waals surface area contributed by atoms with E-state index in [1.165, 1.54) is 0 Å². The fraction of sp³-hybridized carbons (Fsp3) is 0.500.